The smallest absolute Gasteiger partial charge is 0.338 e. The van der Waals surface area contributed by atoms with Crippen molar-refractivity contribution < 1.29 is 13.9 Å². The molecular weight excluding hydrogens is 423 g/mol. The summed E-state index contributed by atoms with van der Waals surface area (Å²) in [4.78, 5) is 21.0. The highest BCUT2D eigenvalue weighted by Gasteiger charge is 2.19. The quantitative estimate of drug-likeness (QED) is 0.343. The molecule has 8 heteroatoms. The van der Waals surface area contributed by atoms with Crippen molar-refractivity contribution in [3.05, 3.63) is 71.0 Å². The molecule has 2 aromatic heterocycles. The lowest BCUT2D eigenvalue weighted by Gasteiger charge is -2.35. The van der Waals surface area contributed by atoms with Crippen molar-refractivity contribution in [2.75, 3.05) is 49.5 Å². The van der Waals surface area contributed by atoms with Crippen LogP contribution >= 0.6 is 0 Å². The van der Waals surface area contributed by atoms with E-state index in [9.17, 15) is 14.3 Å². The van der Waals surface area contributed by atoms with Crippen LogP contribution in [-0.2, 0) is 0 Å². The van der Waals surface area contributed by atoms with E-state index in [1.165, 1.54) is 18.2 Å². The zero-order valence-corrected chi connectivity index (χ0v) is 18.1. The number of hydrogen-bond acceptors (Lipinski definition) is 7. The second kappa shape index (κ2) is 9.07. The largest absolute Gasteiger partial charge is 0.508 e. The molecule has 0 bridgehead atoms. The topological polar surface area (TPSA) is 81.8 Å². The van der Waals surface area contributed by atoms with Crippen molar-refractivity contribution >= 4 is 33.2 Å². The minimum absolute atomic E-state index is 0.0609. The fraction of sp³-hybridized carbons (Fsp3) is 0.280. The number of rotatable bonds is 6. The van der Waals surface area contributed by atoms with E-state index in [1.807, 2.05) is 6.07 Å². The van der Waals surface area contributed by atoms with Crippen LogP contribution in [0.5, 0.6) is 5.75 Å². The zero-order valence-electron chi connectivity index (χ0n) is 18.1. The van der Waals surface area contributed by atoms with Crippen LogP contribution in [0.25, 0.3) is 21.7 Å². The van der Waals surface area contributed by atoms with Crippen molar-refractivity contribution in [2.45, 2.75) is 6.42 Å². The number of anilines is 2. The van der Waals surface area contributed by atoms with Gasteiger partial charge >= 0.3 is 5.63 Å². The molecule has 2 N–H and O–H groups in total. The number of aromatic hydroxyl groups is 1. The number of benzene rings is 2. The summed E-state index contributed by atoms with van der Waals surface area (Å²) in [5, 5.41) is 15.5. The molecule has 0 radical (unpaired) electrons. The van der Waals surface area contributed by atoms with Gasteiger partial charge in [-0.1, -0.05) is 6.07 Å². The Balaban J connectivity index is 1.15. The number of halogens is 1. The van der Waals surface area contributed by atoms with Crippen molar-refractivity contribution in [1.29, 1.82) is 0 Å². The van der Waals surface area contributed by atoms with E-state index in [2.05, 4.69) is 20.1 Å². The van der Waals surface area contributed by atoms with Gasteiger partial charge in [-0.3, -0.25) is 4.90 Å². The lowest BCUT2D eigenvalue weighted by Crippen LogP contribution is -2.47. The molecule has 4 aromatic rings. The van der Waals surface area contributed by atoms with Gasteiger partial charge in [-0.2, -0.15) is 0 Å². The van der Waals surface area contributed by atoms with Gasteiger partial charge in [0.2, 0.25) is 0 Å². The third kappa shape index (κ3) is 4.61. The Labute approximate surface area is 190 Å². The van der Waals surface area contributed by atoms with Gasteiger partial charge in [0.05, 0.1) is 5.69 Å². The van der Waals surface area contributed by atoms with Gasteiger partial charge in [-0.25, -0.2) is 14.2 Å². The van der Waals surface area contributed by atoms with Crippen LogP contribution in [0, 0.1) is 5.82 Å². The summed E-state index contributed by atoms with van der Waals surface area (Å²) in [5.74, 6) is 0.656. The molecule has 2 aromatic carbocycles. The Morgan fingerprint density at radius 3 is 2.73 bits per heavy atom. The highest BCUT2D eigenvalue weighted by molar-refractivity contribution is 5.92. The van der Waals surface area contributed by atoms with Crippen molar-refractivity contribution in [1.82, 2.24) is 9.88 Å². The molecule has 1 aliphatic rings. The molecule has 0 amide bonds. The molecule has 5 rings (SSSR count). The predicted molar refractivity (Wildman–Crippen MR) is 128 cm³/mol. The molecule has 7 nitrogen and oxygen atoms in total. The Morgan fingerprint density at radius 2 is 1.88 bits per heavy atom. The van der Waals surface area contributed by atoms with Crippen LogP contribution in [-0.4, -0.2) is 54.3 Å². The van der Waals surface area contributed by atoms with E-state index in [-0.39, 0.29) is 11.6 Å². The molecule has 0 aliphatic carbocycles. The molecule has 1 saturated heterocycles. The van der Waals surface area contributed by atoms with Gasteiger partial charge in [0.25, 0.3) is 0 Å². The number of piperazine rings is 1. The third-order valence-corrected chi connectivity index (χ3v) is 6.07. The van der Waals surface area contributed by atoms with Crippen molar-refractivity contribution in [2.24, 2.45) is 0 Å². The number of nitrogens with one attached hydrogen (secondary N) is 1. The average Bonchev–Trinajstić information content (AvgIpc) is 2.81. The highest BCUT2D eigenvalue weighted by Crippen LogP contribution is 2.27. The number of hydrogen-bond donors (Lipinski definition) is 2. The summed E-state index contributed by atoms with van der Waals surface area (Å²) in [7, 11) is 0. The molecule has 0 unspecified atom stereocenters. The first-order valence-electron chi connectivity index (χ1n) is 11.1. The molecule has 1 fully saturated rings. The molecule has 0 saturated carbocycles. The van der Waals surface area contributed by atoms with E-state index in [0.717, 1.165) is 61.1 Å². The Morgan fingerprint density at radius 1 is 1.03 bits per heavy atom. The van der Waals surface area contributed by atoms with Crippen LogP contribution in [0.2, 0.25) is 0 Å². The maximum absolute atomic E-state index is 13.8. The number of fused-ring (bicyclic) bond motifs is 2. The second-order valence-electron chi connectivity index (χ2n) is 8.27. The van der Waals surface area contributed by atoms with Gasteiger partial charge in [0.15, 0.2) is 0 Å². The van der Waals surface area contributed by atoms with Gasteiger partial charge in [0.1, 0.15) is 23.0 Å². The zero-order chi connectivity index (χ0) is 22.8. The molecule has 170 valence electrons. The summed E-state index contributed by atoms with van der Waals surface area (Å²) in [6, 6.07) is 12.9. The summed E-state index contributed by atoms with van der Waals surface area (Å²) in [6.07, 6.45) is 2.69. The molecule has 0 atom stereocenters. The maximum atomic E-state index is 13.8. The predicted octanol–water partition coefficient (Wildman–Crippen LogP) is 3.81. The lowest BCUT2D eigenvalue weighted by atomic mass is 10.1. The molecule has 1 aliphatic heterocycles. The molecule has 0 spiro atoms. The Hall–Kier alpha value is -3.65. The molecule has 3 heterocycles. The summed E-state index contributed by atoms with van der Waals surface area (Å²) < 4.78 is 18.9. The first kappa shape index (κ1) is 21.2. The van der Waals surface area contributed by atoms with Crippen LogP contribution in [0.15, 0.2) is 63.9 Å². The van der Waals surface area contributed by atoms with Gasteiger partial charge in [-0.15, -0.1) is 0 Å². The molecular formula is C25H25FN4O3. The highest BCUT2D eigenvalue weighted by atomic mass is 19.1. The first-order valence-corrected chi connectivity index (χ1v) is 11.1. The van der Waals surface area contributed by atoms with Gasteiger partial charge < -0.3 is 19.7 Å². The summed E-state index contributed by atoms with van der Waals surface area (Å²) >= 11 is 0. The van der Waals surface area contributed by atoms with Crippen molar-refractivity contribution in [3.8, 4) is 5.75 Å². The number of phenolic OH excluding ortho intramolecular Hbond substituents is 1. The first-order chi connectivity index (χ1) is 16.1. The monoisotopic (exact) mass is 448 g/mol. The van der Waals surface area contributed by atoms with Crippen molar-refractivity contribution in [3.63, 3.8) is 0 Å². The standard InChI is InChI=1S/C25H25FN4O3/c26-18-3-2-17-6-8-28-25(21(17)14-18)30-12-10-29(11-13-30)9-1-7-27-22-16-24(32)33-23-15-19(31)4-5-20(22)23/h2-6,8,14-16,27,31H,1,7,9-13H2. The van der Waals surface area contributed by atoms with Gasteiger partial charge in [0, 0.05) is 61.8 Å². The summed E-state index contributed by atoms with van der Waals surface area (Å²) in [6.45, 7) is 5.13. The number of nitrogens with zero attached hydrogens (tertiary/aromatic N) is 3. The number of aromatic nitrogens is 1. The van der Waals surface area contributed by atoms with E-state index in [1.54, 1.807) is 30.5 Å². The molecule has 33 heavy (non-hydrogen) atoms. The Bertz CT molecular complexity index is 1350. The number of pyridine rings is 1. The van der Waals surface area contributed by atoms with Crippen LogP contribution in [0.3, 0.4) is 0 Å². The lowest BCUT2D eigenvalue weighted by molar-refractivity contribution is 0.257. The fourth-order valence-corrected chi connectivity index (χ4v) is 4.38. The Kier molecular flexibility index (Phi) is 5.83. The average molecular weight is 448 g/mol. The maximum Gasteiger partial charge on any atom is 0.338 e. The van der Waals surface area contributed by atoms with E-state index < -0.39 is 5.63 Å². The summed E-state index contributed by atoms with van der Waals surface area (Å²) in [5.41, 5.74) is 0.622. The van der Waals surface area contributed by atoms with E-state index in [0.29, 0.717) is 17.8 Å². The minimum atomic E-state index is -0.450. The second-order valence-corrected chi connectivity index (χ2v) is 8.27. The van der Waals surface area contributed by atoms with E-state index >= 15 is 0 Å². The number of phenols is 1. The van der Waals surface area contributed by atoms with Crippen LogP contribution in [0.4, 0.5) is 15.9 Å². The SMILES string of the molecule is O=c1cc(NCCCN2CCN(c3nccc4ccc(F)cc34)CC2)c2ccc(O)cc2o1. The minimum Gasteiger partial charge on any atom is -0.508 e. The van der Waals surface area contributed by atoms with Crippen LogP contribution in [0.1, 0.15) is 6.42 Å². The van der Waals surface area contributed by atoms with Gasteiger partial charge in [-0.05, 0) is 48.7 Å². The van der Waals surface area contributed by atoms with Crippen LogP contribution < -0.4 is 15.8 Å². The fourth-order valence-electron chi connectivity index (χ4n) is 4.38. The third-order valence-electron chi connectivity index (χ3n) is 6.07. The normalized spacial score (nSPS) is 14.8. The van der Waals surface area contributed by atoms with E-state index in [4.69, 9.17) is 4.42 Å².